The van der Waals surface area contributed by atoms with Gasteiger partial charge in [-0.25, -0.2) is 15.0 Å². The molecule has 1 N–H and O–H groups in total. The third kappa shape index (κ3) is 3.46. The molecule has 0 saturated carbocycles. The zero-order chi connectivity index (χ0) is 19.5. The van der Waals surface area contributed by atoms with Crippen LogP contribution in [0.25, 0.3) is 0 Å². The van der Waals surface area contributed by atoms with E-state index in [2.05, 4.69) is 37.3 Å². The van der Waals surface area contributed by atoms with E-state index in [1.165, 1.54) is 0 Å². The highest BCUT2D eigenvalue weighted by Crippen LogP contribution is 2.26. The predicted molar refractivity (Wildman–Crippen MR) is 105 cm³/mol. The molecule has 136 valence electrons. The molecule has 2 aromatic heterocycles. The highest BCUT2D eigenvalue weighted by Gasteiger charge is 2.22. The lowest BCUT2D eigenvalue weighted by Gasteiger charge is -2.29. The average Bonchev–Trinajstić information content (AvgIpc) is 2.73. The second-order valence-electron chi connectivity index (χ2n) is 6.59. The van der Waals surface area contributed by atoms with Crippen molar-refractivity contribution < 1.29 is 0 Å². The molecule has 0 saturated heterocycles. The number of benzene rings is 1. The summed E-state index contributed by atoms with van der Waals surface area (Å²) in [5.74, 6) is 1.22. The van der Waals surface area contributed by atoms with E-state index in [9.17, 15) is 5.26 Å². The van der Waals surface area contributed by atoms with Gasteiger partial charge in [-0.05, 0) is 37.3 Å². The average molecular weight is 367 g/mol. The van der Waals surface area contributed by atoms with Gasteiger partial charge in [0.1, 0.15) is 11.9 Å². The second-order valence-corrected chi connectivity index (χ2v) is 6.59. The number of fused-ring (bicyclic) bond motifs is 1. The summed E-state index contributed by atoms with van der Waals surface area (Å²) < 4.78 is 0. The molecule has 0 spiro atoms. The van der Waals surface area contributed by atoms with Crippen molar-refractivity contribution in [2.24, 2.45) is 0 Å². The van der Waals surface area contributed by atoms with Gasteiger partial charge in [0.25, 0.3) is 0 Å². The molecule has 0 bridgehead atoms. The van der Waals surface area contributed by atoms with Crippen LogP contribution in [0.3, 0.4) is 0 Å². The number of hydrogen-bond acceptors (Lipinski definition) is 7. The fraction of sp³-hybridized carbons (Fsp3) is 0.190. The maximum atomic E-state index is 9.38. The smallest absolute Gasteiger partial charge is 0.227 e. The fourth-order valence-electron chi connectivity index (χ4n) is 3.22. The molecule has 3 aromatic rings. The minimum Gasteiger partial charge on any atom is -0.351 e. The Balaban J connectivity index is 1.56. The minimum absolute atomic E-state index is 0.508. The predicted octanol–water partition coefficient (Wildman–Crippen LogP) is 3.23. The van der Waals surface area contributed by atoms with Crippen LogP contribution in [-0.2, 0) is 13.0 Å². The summed E-state index contributed by atoms with van der Waals surface area (Å²) in [7, 11) is 0. The van der Waals surface area contributed by atoms with Crippen LogP contribution in [0.1, 0.15) is 28.1 Å². The zero-order valence-electron chi connectivity index (χ0n) is 15.3. The molecule has 4 rings (SSSR count). The van der Waals surface area contributed by atoms with Crippen molar-refractivity contribution >= 4 is 17.5 Å². The summed E-state index contributed by atoms with van der Waals surface area (Å²) in [6.07, 6.45) is 2.55. The van der Waals surface area contributed by atoms with Crippen molar-refractivity contribution in [3.8, 4) is 12.1 Å². The quantitative estimate of drug-likeness (QED) is 0.758. The molecule has 1 aliphatic heterocycles. The van der Waals surface area contributed by atoms with E-state index in [0.717, 1.165) is 35.6 Å². The molecule has 0 radical (unpaired) electrons. The zero-order valence-corrected chi connectivity index (χ0v) is 15.3. The number of hydrogen-bond donors (Lipinski definition) is 1. The number of pyridine rings is 1. The van der Waals surface area contributed by atoms with E-state index >= 15 is 0 Å². The van der Waals surface area contributed by atoms with Crippen LogP contribution in [-0.4, -0.2) is 21.5 Å². The normalized spacial score (nSPS) is 12.6. The summed E-state index contributed by atoms with van der Waals surface area (Å²) >= 11 is 0. The number of anilines is 3. The Labute approximate surface area is 162 Å². The van der Waals surface area contributed by atoms with Gasteiger partial charge in [-0.15, -0.1) is 0 Å². The van der Waals surface area contributed by atoms with E-state index in [-0.39, 0.29) is 0 Å². The number of nitrogens with zero attached hydrogens (tertiary/aromatic N) is 6. The molecule has 0 fully saturated rings. The van der Waals surface area contributed by atoms with Crippen LogP contribution in [0, 0.1) is 29.6 Å². The van der Waals surface area contributed by atoms with Crippen LogP contribution < -0.4 is 10.2 Å². The number of rotatable bonds is 3. The topological polar surface area (TPSA) is 102 Å². The van der Waals surface area contributed by atoms with Gasteiger partial charge in [0.2, 0.25) is 5.95 Å². The molecular formula is C21H17N7. The lowest BCUT2D eigenvalue weighted by Crippen LogP contribution is -2.32. The Hall–Kier alpha value is -3.97. The van der Waals surface area contributed by atoms with E-state index in [1.807, 2.05) is 37.4 Å². The number of nitrogens with one attached hydrogen (secondary N) is 1. The molecule has 7 nitrogen and oxygen atoms in total. The lowest BCUT2D eigenvalue weighted by atomic mass is 10.1. The van der Waals surface area contributed by atoms with Crippen LogP contribution in [0.4, 0.5) is 17.5 Å². The van der Waals surface area contributed by atoms with E-state index in [0.29, 0.717) is 29.4 Å². The van der Waals surface area contributed by atoms with Crippen molar-refractivity contribution in [3.05, 3.63) is 70.7 Å². The SMILES string of the molecule is Cc1ccc(C#N)c(N2CCc3nc(Nc4cccc(C#N)c4)ncc3C2)n1. The first kappa shape index (κ1) is 17.4. The molecule has 0 unspecified atom stereocenters. The Kier molecular flexibility index (Phi) is 4.57. The number of nitriles is 2. The third-order valence-corrected chi connectivity index (χ3v) is 4.62. The summed E-state index contributed by atoms with van der Waals surface area (Å²) in [6.45, 7) is 3.27. The summed E-state index contributed by atoms with van der Waals surface area (Å²) in [5.41, 5.74) is 4.82. The van der Waals surface area contributed by atoms with Gasteiger partial charge in [0, 0.05) is 42.7 Å². The van der Waals surface area contributed by atoms with E-state index in [4.69, 9.17) is 5.26 Å². The molecule has 1 aromatic carbocycles. The largest absolute Gasteiger partial charge is 0.351 e. The Bertz CT molecular complexity index is 1120. The second kappa shape index (κ2) is 7.34. The summed E-state index contributed by atoms with van der Waals surface area (Å²) in [4.78, 5) is 15.7. The molecule has 3 heterocycles. The highest BCUT2D eigenvalue weighted by molar-refractivity contribution is 5.58. The molecule has 1 aliphatic rings. The van der Waals surface area contributed by atoms with Gasteiger partial charge < -0.3 is 10.2 Å². The first-order valence-corrected chi connectivity index (χ1v) is 8.91. The monoisotopic (exact) mass is 367 g/mol. The molecule has 7 heteroatoms. The number of aryl methyl sites for hydroxylation is 1. The van der Waals surface area contributed by atoms with E-state index < -0.39 is 0 Å². The minimum atomic E-state index is 0.508. The van der Waals surface area contributed by atoms with Crippen molar-refractivity contribution in [2.45, 2.75) is 19.9 Å². The fourth-order valence-corrected chi connectivity index (χ4v) is 3.22. The summed E-state index contributed by atoms with van der Waals surface area (Å²) in [5, 5.41) is 21.6. The first-order valence-electron chi connectivity index (χ1n) is 8.91. The van der Waals surface area contributed by atoms with E-state index in [1.54, 1.807) is 12.1 Å². The van der Waals surface area contributed by atoms with Gasteiger partial charge in [-0.2, -0.15) is 10.5 Å². The molecule has 0 atom stereocenters. The summed E-state index contributed by atoms with van der Waals surface area (Å²) in [6, 6.07) is 15.2. The Morgan fingerprint density at radius 1 is 1.11 bits per heavy atom. The van der Waals surface area contributed by atoms with Gasteiger partial charge in [-0.3, -0.25) is 0 Å². The van der Waals surface area contributed by atoms with Crippen LogP contribution in [0.2, 0.25) is 0 Å². The number of aromatic nitrogens is 3. The van der Waals surface area contributed by atoms with Crippen LogP contribution in [0.15, 0.2) is 42.6 Å². The molecule has 0 aliphatic carbocycles. The lowest BCUT2D eigenvalue weighted by molar-refractivity contribution is 0.696. The maximum Gasteiger partial charge on any atom is 0.227 e. The molecule has 28 heavy (non-hydrogen) atoms. The van der Waals surface area contributed by atoms with Crippen LogP contribution >= 0.6 is 0 Å². The van der Waals surface area contributed by atoms with Crippen molar-refractivity contribution in [1.82, 2.24) is 15.0 Å². The van der Waals surface area contributed by atoms with Gasteiger partial charge in [-0.1, -0.05) is 6.07 Å². The third-order valence-electron chi connectivity index (χ3n) is 4.62. The first-order chi connectivity index (χ1) is 13.7. The Morgan fingerprint density at radius 3 is 2.82 bits per heavy atom. The van der Waals surface area contributed by atoms with Gasteiger partial charge >= 0.3 is 0 Å². The van der Waals surface area contributed by atoms with Crippen molar-refractivity contribution in [2.75, 3.05) is 16.8 Å². The van der Waals surface area contributed by atoms with Crippen LogP contribution in [0.5, 0.6) is 0 Å². The van der Waals surface area contributed by atoms with Gasteiger partial charge in [0.15, 0.2) is 0 Å². The van der Waals surface area contributed by atoms with Crippen molar-refractivity contribution in [1.29, 1.82) is 10.5 Å². The molecule has 0 amide bonds. The van der Waals surface area contributed by atoms with Crippen molar-refractivity contribution in [3.63, 3.8) is 0 Å². The highest BCUT2D eigenvalue weighted by atomic mass is 15.2. The Morgan fingerprint density at radius 2 is 2.00 bits per heavy atom. The molecular weight excluding hydrogens is 350 g/mol. The standard InChI is InChI=1S/C21H17N7/c1-14-5-6-16(11-23)20(25-14)28-8-7-19-17(13-28)12-24-21(27-19)26-18-4-2-3-15(9-18)10-22/h2-6,9,12H,7-8,13H2,1H3,(H,24,26,27). The van der Waals surface area contributed by atoms with Gasteiger partial charge in [0.05, 0.1) is 22.9 Å². The maximum absolute atomic E-state index is 9.38.